The van der Waals surface area contributed by atoms with Gasteiger partial charge in [0.15, 0.2) is 0 Å². The van der Waals surface area contributed by atoms with E-state index in [2.05, 4.69) is 20.6 Å². The number of piperidine rings is 1. The molecule has 1 saturated heterocycles. The Morgan fingerprint density at radius 3 is 2.74 bits per heavy atom. The predicted molar refractivity (Wildman–Crippen MR) is 90.5 cm³/mol. The Labute approximate surface area is 138 Å². The summed E-state index contributed by atoms with van der Waals surface area (Å²) in [6.07, 6.45) is 8.06. The normalized spacial score (nSPS) is 18.4. The molecule has 1 atom stereocenters. The number of likely N-dealkylation sites (tertiary alicyclic amines) is 1. The van der Waals surface area contributed by atoms with E-state index >= 15 is 0 Å². The number of urea groups is 1. The Bertz CT molecular complexity index is 492. The summed E-state index contributed by atoms with van der Waals surface area (Å²) in [5, 5.41) is 19.2. The van der Waals surface area contributed by atoms with Crippen LogP contribution < -0.4 is 10.6 Å². The Morgan fingerprint density at radius 2 is 2.09 bits per heavy atom. The Kier molecular flexibility index (Phi) is 6.41. The van der Waals surface area contributed by atoms with Crippen molar-refractivity contribution in [3.05, 3.63) is 12.4 Å². The number of aliphatic hydroxyl groups excluding tert-OH is 1. The minimum absolute atomic E-state index is 0.0913. The maximum atomic E-state index is 12.0. The van der Waals surface area contributed by atoms with E-state index in [1.807, 2.05) is 24.7 Å². The van der Waals surface area contributed by atoms with Crippen LogP contribution in [0, 0.1) is 0 Å². The molecule has 1 aliphatic rings. The molecule has 2 heterocycles. The third-order valence-corrected chi connectivity index (χ3v) is 4.53. The lowest BCUT2D eigenvalue weighted by atomic mass is 10.0. The quantitative estimate of drug-likeness (QED) is 0.712. The predicted octanol–water partition coefficient (Wildman–Crippen LogP) is 1.65. The van der Waals surface area contributed by atoms with E-state index in [1.165, 1.54) is 32.4 Å². The number of aliphatic hydroxyl groups is 1. The fourth-order valence-corrected chi connectivity index (χ4v) is 2.65. The second-order valence-corrected chi connectivity index (χ2v) is 6.55. The largest absolute Gasteiger partial charge is 0.394 e. The van der Waals surface area contributed by atoms with E-state index in [1.54, 1.807) is 6.20 Å². The van der Waals surface area contributed by atoms with Crippen LogP contribution in [0.2, 0.25) is 0 Å². The SMILES string of the molecule is CCC(C)(CO)NC(=O)Nc1cnn(CCN2CCCCC2)c1. The molecule has 130 valence electrons. The molecule has 2 amide bonds. The summed E-state index contributed by atoms with van der Waals surface area (Å²) in [5.74, 6) is 0. The lowest BCUT2D eigenvalue weighted by Crippen LogP contribution is -2.50. The summed E-state index contributed by atoms with van der Waals surface area (Å²) in [6, 6.07) is -0.320. The first-order valence-corrected chi connectivity index (χ1v) is 8.49. The van der Waals surface area contributed by atoms with Crippen LogP contribution >= 0.6 is 0 Å². The molecule has 1 aliphatic heterocycles. The molecule has 0 radical (unpaired) electrons. The molecule has 1 fully saturated rings. The highest BCUT2D eigenvalue weighted by Gasteiger charge is 2.23. The molecule has 1 aromatic rings. The van der Waals surface area contributed by atoms with Gasteiger partial charge in [-0.2, -0.15) is 5.10 Å². The van der Waals surface area contributed by atoms with Gasteiger partial charge in [-0.05, 0) is 39.3 Å². The summed E-state index contributed by atoms with van der Waals surface area (Å²) in [6.45, 7) is 7.81. The van der Waals surface area contributed by atoms with Gasteiger partial charge in [0.2, 0.25) is 0 Å². The summed E-state index contributed by atoms with van der Waals surface area (Å²) < 4.78 is 1.86. The number of nitrogens with zero attached hydrogens (tertiary/aromatic N) is 3. The van der Waals surface area contributed by atoms with Crippen molar-refractivity contribution in [3.63, 3.8) is 0 Å². The average Bonchev–Trinajstić information content (AvgIpc) is 3.01. The van der Waals surface area contributed by atoms with Crippen molar-refractivity contribution in [2.45, 2.75) is 51.6 Å². The zero-order valence-electron chi connectivity index (χ0n) is 14.2. The molecule has 0 aromatic carbocycles. The number of anilines is 1. The zero-order chi connectivity index (χ0) is 16.7. The van der Waals surface area contributed by atoms with Gasteiger partial charge in [0, 0.05) is 12.7 Å². The van der Waals surface area contributed by atoms with E-state index in [0.29, 0.717) is 12.1 Å². The summed E-state index contributed by atoms with van der Waals surface area (Å²) in [7, 11) is 0. The molecule has 1 unspecified atom stereocenters. The number of hydrogen-bond acceptors (Lipinski definition) is 4. The fourth-order valence-electron chi connectivity index (χ4n) is 2.65. The first-order chi connectivity index (χ1) is 11.0. The van der Waals surface area contributed by atoms with Gasteiger partial charge >= 0.3 is 6.03 Å². The van der Waals surface area contributed by atoms with Crippen molar-refractivity contribution >= 4 is 11.7 Å². The molecule has 2 rings (SSSR count). The van der Waals surface area contributed by atoms with Crippen LogP contribution in [0.4, 0.5) is 10.5 Å². The van der Waals surface area contributed by atoms with Crippen LogP contribution in [0.5, 0.6) is 0 Å². The first kappa shape index (κ1) is 17.7. The average molecular weight is 323 g/mol. The van der Waals surface area contributed by atoms with Crippen molar-refractivity contribution in [2.75, 3.05) is 31.6 Å². The Morgan fingerprint density at radius 1 is 1.35 bits per heavy atom. The number of hydrogen-bond donors (Lipinski definition) is 3. The highest BCUT2D eigenvalue weighted by Crippen LogP contribution is 2.11. The lowest BCUT2D eigenvalue weighted by Gasteiger charge is -2.27. The molecule has 0 spiro atoms. The van der Waals surface area contributed by atoms with Gasteiger partial charge in [-0.1, -0.05) is 13.3 Å². The Hall–Kier alpha value is -1.60. The molecule has 7 heteroatoms. The van der Waals surface area contributed by atoms with Gasteiger partial charge in [-0.25, -0.2) is 4.79 Å². The smallest absolute Gasteiger partial charge is 0.319 e. The molecular weight excluding hydrogens is 294 g/mol. The van der Waals surface area contributed by atoms with E-state index in [-0.39, 0.29) is 12.6 Å². The van der Waals surface area contributed by atoms with Crippen molar-refractivity contribution < 1.29 is 9.90 Å². The second-order valence-electron chi connectivity index (χ2n) is 6.55. The fraction of sp³-hybridized carbons (Fsp3) is 0.750. The van der Waals surface area contributed by atoms with Gasteiger partial charge in [-0.15, -0.1) is 0 Å². The standard InChI is InChI=1S/C16H29N5O2/c1-3-16(2,13-22)19-15(23)18-14-11-17-21(12-14)10-9-20-7-5-4-6-8-20/h11-12,22H,3-10,13H2,1-2H3,(H2,18,19,23). The van der Waals surface area contributed by atoms with Crippen LogP contribution in [-0.2, 0) is 6.54 Å². The topological polar surface area (TPSA) is 82.4 Å². The van der Waals surface area contributed by atoms with Crippen LogP contribution in [0.3, 0.4) is 0 Å². The van der Waals surface area contributed by atoms with Crippen molar-refractivity contribution in [3.8, 4) is 0 Å². The molecule has 7 nitrogen and oxygen atoms in total. The van der Waals surface area contributed by atoms with Crippen LogP contribution in [-0.4, -0.2) is 57.6 Å². The number of carbonyl (C=O) groups excluding carboxylic acids is 1. The van der Waals surface area contributed by atoms with E-state index in [0.717, 1.165) is 13.1 Å². The number of nitrogens with one attached hydrogen (secondary N) is 2. The van der Waals surface area contributed by atoms with E-state index < -0.39 is 5.54 Å². The minimum Gasteiger partial charge on any atom is -0.394 e. The second kappa shape index (κ2) is 8.31. The number of aromatic nitrogens is 2. The van der Waals surface area contributed by atoms with Gasteiger partial charge in [-0.3, -0.25) is 4.68 Å². The van der Waals surface area contributed by atoms with Gasteiger partial charge in [0.1, 0.15) is 0 Å². The summed E-state index contributed by atoms with van der Waals surface area (Å²) in [4.78, 5) is 14.4. The molecule has 0 aliphatic carbocycles. The summed E-state index contributed by atoms with van der Waals surface area (Å²) >= 11 is 0. The highest BCUT2D eigenvalue weighted by atomic mass is 16.3. The minimum atomic E-state index is -0.603. The van der Waals surface area contributed by atoms with Gasteiger partial charge in [0.05, 0.1) is 30.6 Å². The van der Waals surface area contributed by atoms with Gasteiger partial charge < -0.3 is 20.6 Å². The number of carbonyl (C=O) groups is 1. The third-order valence-electron chi connectivity index (χ3n) is 4.53. The molecule has 0 saturated carbocycles. The lowest BCUT2D eigenvalue weighted by molar-refractivity contribution is 0.172. The van der Waals surface area contributed by atoms with E-state index in [4.69, 9.17) is 0 Å². The number of amides is 2. The monoisotopic (exact) mass is 323 g/mol. The Balaban J connectivity index is 1.78. The maximum absolute atomic E-state index is 12.0. The molecule has 3 N–H and O–H groups in total. The van der Waals surface area contributed by atoms with Crippen LogP contribution in [0.25, 0.3) is 0 Å². The van der Waals surface area contributed by atoms with Crippen molar-refractivity contribution in [1.82, 2.24) is 20.0 Å². The van der Waals surface area contributed by atoms with Crippen molar-refractivity contribution in [1.29, 1.82) is 0 Å². The van der Waals surface area contributed by atoms with Crippen LogP contribution in [0.1, 0.15) is 39.5 Å². The zero-order valence-corrected chi connectivity index (χ0v) is 14.2. The molecule has 23 heavy (non-hydrogen) atoms. The molecule has 1 aromatic heterocycles. The van der Waals surface area contributed by atoms with E-state index in [9.17, 15) is 9.90 Å². The maximum Gasteiger partial charge on any atom is 0.319 e. The molecule has 0 bridgehead atoms. The van der Waals surface area contributed by atoms with Gasteiger partial charge in [0.25, 0.3) is 0 Å². The summed E-state index contributed by atoms with van der Waals surface area (Å²) in [5.41, 5.74) is 0.0615. The van der Waals surface area contributed by atoms with Crippen molar-refractivity contribution in [2.24, 2.45) is 0 Å². The first-order valence-electron chi connectivity index (χ1n) is 8.49. The highest BCUT2D eigenvalue weighted by molar-refractivity contribution is 5.89. The third kappa shape index (κ3) is 5.51. The van der Waals surface area contributed by atoms with Crippen LogP contribution in [0.15, 0.2) is 12.4 Å². The molecular formula is C16H29N5O2. The number of rotatable bonds is 7.